The van der Waals surface area contributed by atoms with Crippen LogP contribution >= 0.6 is 11.8 Å². The summed E-state index contributed by atoms with van der Waals surface area (Å²) in [7, 11) is 0. The van der Waals surface area contributed by atoms with Crippen LogP contribution in [0.5, 0.6) is 0 Å². The van der Waals surface area contributed by atoms with Crippen molar-refractivity contribution in [1.29, 1.82) is 0 Å². The fraction of sp³-hybridized carbons (Fsp3) is 0.667. The first-order valence-electron chi connectivity index (χ1n) is 8.06. The first-order valence-corrected chi connectivity index (χ1v) is 9.22. The number of hydrogen-bond acceptors (Lipinski definition) is 3. The summed E-state index contributed by atoms with van der Waals surface area (Å²) in [5.74, 6) is 2.96. The summed E-state index contributed by atoms with van der Waals surface area (Å²) in [4.78, 5) is 0. The quantitative estimate of drug-likeness (QED) is 0.927. The molecule has 0 radical (unpaired) electrons. The second-order valence-corrected chi connectivity index (χ2v) is 8.31. The Morgan fingerprint density at radius 1 is 1.33 bits per heavy atom. The van der Waals surface area contributed by atoms with Crippen LogP contribution in [-0.4, -0.2) is 29.8 Å². The van der Waals surface area contributed by atoms with E-state index in [4.69, 9.17) is 10.5 Å². The van der Waals surface area contributed by atoms with E-state index in [-0.39, 0.29) is 17.1 Å². The van der Waals surface area contributed by atoms with Crippen molar-refractivity contribution >= 4 is 11.8 Å². The van der Waals surface area contributed by atoms with E-state index >= 15 is 0 Å². The zero-order chi connectivity index (χ0) is 14.9. The van der Waals surface area contributed by atoms with Gasteiger partial charge in [0.25, 0.3) is 0 Å². The minimum atomic E-state index is 0.0101. The molecule has 1 aromatic carbocycles. The highest BCUT2D eigenvalue weighted by Crippen LogP contribution is 2.43. The smallest absolute Gasteiger partial charge is 0.0783 e. The SMILES string of the molecule is CC(C)(c1ccccc1)C(N)C1CCOC2(CCSC2)C1. The molecule has 1 spiro atoms. The Hall–Kier alpha value is -0.510. The summed E-state index contributed by atoms with van der Waals surface area (Å²) in [6, 6.07) is 10.9. The molecule has 3 unspecified atom stereocenters. The van der Waals surface area contributed by atoms with Gasteiger partial charge in [-0.3, -0.25) is 0 Å². The van der Waals surface area contributed by atoms with E-state index in [1.165, 1.54) is 17.7 Å². The lowest BCUT2D eigenvalue weighted by Crippen LogP contribution is -2.52. The maximum atomic E-state index is 6.75. The van der Waals surface area contributed by atoms with Crippen molar-refractivity contribution in [3.8, 4) is 0 Å². The Morgan fingerprint density at radius 3 is 2.76 bits per heavy atom. The highest BCUT2D eigenvalue weighted by Gasteiger charge is 2.44. The van der Waals surface area contributed by atoms with Crippen LogP contribution in [0, 0.1) is 5.92 Å². The summed E-state index contributed by atoms with van der Waals surface area (Å²) in [6.45, 7) is 5.46. The maximum absolute atomic E-state index is 6.75. The second kappa shape index (κ2) is 5.94. The number of ether oxygens (including phenoxy) is 1. The third-order valence-corrected chi connectivity index (χ3v) is 6.68. The molecule has 0 amide bonds. The summed E-state index contributed by atoms with van der Waals surface area (Å²) in [6.07, 6.45) is 3.44. The Kier molecular flexibility index (Phi) is 4.35. The Labute approximate surface area is 132 Å². The highest BCUT2D eigenvalue weighted by atomic mass is 32.2. The van der Waals surface area contributed by atoms with E-state index in [1.807, 2.05) is 11.8 Å². The van der Waals surface area contributed by atoms with Crippen LogP contribution < -0.4 is 5.73 Å². The first kappa shape index (κ1) is 15.4. The van der Waals surface area contributed by atoms with E-state index in [0.29, 0.717) is 5.92 Å². The van der Waals surface area contributed by atoms with E-state index in [9.17, 15) is 0 Å². The molecule has 2 fully saturated rings. The normalized spacial score (nSPS) is 31.5. The number of rotatable bonds is 3. The lowest BCUT2D eigenvalue weighted by molar-refractivity contribution is -0.0864. The summed E-state index contributed by atoms with van der Waals surface area (Å²) in [5, 5.41) is 0. The Bertz CT molecular complexity index is 467. The summed E-state index contributed by atoms with van der Waals surface area (Å²) < 4.78 is 6.15. The van der Waals surface area contributed by atoms with Crippen LogP contribution in [0.4, 0.5) is 0 Å². The lowest BCUT2D eigenvalue weighted by Gasteiger charge is -2.44. The number of hydrogen-bond donors (Lipinski definition) is 1. The number of thioether (sulfide) groups is 1. The van der Waals surface area contributed by atoms with Crippen molar-refractivity contribution < 1.29 is 4.74 Å². The zero-order valence-electron chi connectivity index (χ0n) is 13.2. The standard InChI is InChI=1S/C18H27NOS/c1-17(2,15-6-4-3-5-7-15)16(19)14-8-10-20-18(12-14)9-11-21-13-18/h3-7,14,16H,8-13,19H2,1-2H3. The molecule has 2 aliphatic rings. The van der Waals surface area contributed by atoms with Crippen LogP contribution in [0.1, 0.15) is 38.7 Å². The molecule has 1 aromatic rings. The van der Waals surface area contributed by atoms with E-state index in [1.54, 1.807) is 0 Å². The average molecular weight is 305 g/mol. The van der Waals surface area contributed by atoms with Gasteiger partial charge >= 0.3 is 0 Å². The van der Waals surface area contributed by atoms with Crippen molar-refractivity contribution in [2.45, 2.75) is 50.2 Å². The molecule has 2 nitrogen and oxygen atoms in total. The molecule has 3 atom stereocenters. The average Bonchev–Trinajstić information content (AvgIpc) is 2.95. The van der Waals surface area contributed by atoms with Gasteiger partial charge in [-0.05, 0) is 36.5 Å². The highest BCUT2D eigenvalue weighted by molar-refractivity contribution is 7.99. The van der Waals surface area contributed by atoms with Gasteiger partial charge in [-0.2, -0.15) is 11.8 Å². The van der Waals surface area contributed by atoms with E-state index < -0.39 is 0 Å². The fourth-order valence-electron chi connectivity index (χ4n) is 3.88. The molecule has 3 rings (SSSR count). The summed E-state index contributed by atoms with van der Waals surface area (Å²) in [5.41, 5.74) is 8.23. The maximum Gasteiger partial charge on any atom is 0.0783 e. The molecule has 0 bridgehead atoms. The van der Waals surface area contributed by atoms with Crippen molar-refractivity contribution in [2.75, 3.05) is 18.1 Å². The number of nitrogens with two attached hydrogens (primary N) is 1. The van der Waals surface area contributed by atoms with Crippen molar-refractivity contribution in [2.24, 2.45) is 11.7 Å². The molecular weight excluding hydrogens is 278 g/mol. The van der Waals surface area contributed by atoms with Gasteiger partial charge in [0, 0.05) is 23.8 Å². The molecule has 0 saturated carbocycles. The molecule has 0 aliphatic carbocycles. The van der Waals surface area contributed by atoms with Gasteiger partial charge in [0.2, 0.25) is 0 Å². The van der Waals surface area contributed by atoms with Crippen LogP contribution in [0.3, 0.4) is 0 Å². The number of benzene rings is 1. The molecule has 0 aromatic heterocycles. The molecular formula is C18H27NOS. The minimum absolute atomic E-state index is 0.0101. The van der Waals surface area contributed by atoms with E-state index in [0.717, 1.165) is 25.2 Å². The van der Waals surface area contributed by atoms with Gasteiger partial charge in [0.05, 0.1) is 5.60 Å². The monoisotopic (exact) mass is 305 g/mol. The van der Waals surface area contributed by atoms with Gasteiger partial charge in [-0.1, -0.05) is 44.2 Å². The molecule has 2 N–H and O–H groups in total. The second-order valence-electron chi connectivity index (χ2n) is 7.20. The van der Waals surface area contributed by atoms with Crippen molar-refractivity contribution in [3.63, 3.8) is 0 Å². The van der Waals surface area contributed by atoms with Crippen LogP contribution in [0.15, 0.2) is 30.3 Å². The Balaban J connectivity index is 1.76. The topological polar surface area (TPSA) is 35.2 Å². The summed E-state index contributed by atoms with van der Waals surface area (Å²) >= 11 is 2.03. The molecule has 116 valence electrons. The largest absolute Gasteiger partial charge is 0.374 e. The zero-order valence-corrected chi connectivity index (χ0v) is 14.0. The predicted molar refractivity (Wildman–Crippen MR) is 90.8 cm³/mol. The van der Waals surface area contributed by atoms with Gasteiger partial charge < -0.3 is 10.5 Å². The van der Waals surface area contributed by atoms with Crippen molar-refractivity contribution in [3.05, 3.63) is 35.9 Å². The lowest BCUT2D eigenvalue weighted by atomic mass is 9.69. The molecule has 2 aliphatic heterocycles. The van der Waals surface area contributed by atoms with Gasteiger partial charge in [-0.15, -0.1) is 0 Å². The predicted octanol–water partition coefficient (Wildman–Crippen LogP) is 3.59. The minimum Gasteiger partial charge on any atom is -0.374 e. The Morgan fingerprint density at radius 2 is 2.10 bits per heavy atom. The fourth-order valence-corrected chi connectivity index (χ4v) is 5.26. The van der Waals surface area contributed by atoms with Gasteiger partial charge in [-0.25, -0.2) is 0 Å². The molecule has 2 heterocycles. The van der Waals surface area contributed by atoms with E-state index in [2.05, 4.69) is 44.2 Å². The first-order chi connectivity index (χ1) is 10.0. The van der Waals surface area contributed by atoms with Crippen LogP contribution in [0.2, 0.25) is 0 Å². The van der Waals surface area contributed by atoms with Gasteiger partial charge in [0.15, 0.2) is 0 Å². The molecule has 3 heteroatoms. The van der Waals surface area contributed by atoms with Gasteiger partial charge in [0.1, 0.15) is 0 Å². The molecule has 2 saturated heterocycles. The van der Waals surface area contributed by atoms with Crippen molar-refractivity contribution in [1.82, 2.24) is 0 Å². The van der Waals surface area contributed by atoms with Crippen LogP contribution in [-0.2, 0) is 10.2 Å². The molecule has 21 heavy (non-hydrogen) atoms. The third kappa shape index (κ3) is 3.01. The van der Waals surface area contributed by atoms with Crippen LogP contribution in [0.25, 0.3) is 0 Å². The third-order valence-electron chi connectivity index (χ3n) is 5.46.